The minimum Gasteiger partial charge on any atom is -0.490 e. The number of ether oxygens (including phenoxy) is 1. The molecule has 0 aliphatic carbocycles. The molecule has 2 rings (SSSR count). The SMILES string of the molecule is O=C1Nc2ccccc2OCC1C(F)(F)F. The number of nitrogens with one attached hydrogen (secondary N) is 1. The first-order chi connectivity index (χ1) is 7.48. The van der Waals surface area contributed by atoms with E-state index < -0.39 is 24.6 Å². The van der Waals surface area contributed by atoms with Crippen LogP contribution in [0.4, 0.5) is 18.9 Å². The molecule has 0 spiro atoms. The van der Waals surface area contributed by atoms with Crippen LogP contribution >= 0.6 is 0 Å². The Hall–Kier alpha value is -1.72. The van der Waals surface area contributed by atoms with Crippen LogP contribution in [0.2, 0.25) is 0 Å². The van der Waals surface area contributed by atoms with Crippen LogP contribution in [0.5, 0.6) is 5.75 Å². The van der Waals surface area contributed by atoms with Crippen molar-refractivity contribution in [3.8, 4) is 5.75 Å². The van der Waals surface area contributed by atoms with Gasteiger partial charge in [0.1, 0.15) is 12.4 Å². The van der Waals surface area contributed by atoms with Crippen molar-refractivity contribution in [2.24, 2.45) is 5.92 Å². The van der Waals surface area contributed by atoms with Gasteiger partial charge in [-0.3, -0.25) is 4.79 Å². The summed E-state index contributed by atoms with van der Waals surface area (Å²) in [6, 6.07) is 6.23. The summed E-state index contributed by atoms with van der Waals surface area (Å²) in [5, 5.41) is 2.20. The topological polar surface area (TPSA) is 38.3 Å². The van der Waals surface area contributed by atoms with E-state index in [0.717, 1.165) is 0 Å². The maximum absolute atomic E-state index is 12.5. The van der Waals surface area contributed by atoms with Gasteiger partial charge in [0, 0.05) is 0 Å². The number of carbonyl (C=O) groups is 1. The molecule has 1 heterocycles. The summed E-state index contributed by atoms with van der Waals surface area (Å²) in [7, 11) is 0. The highest BCUT2D eigenvalue weighted by Gasteiger charge is 2.46. The van der Waals surface area contributed by atoms with Crippen molar-refractivity contribution in [1.82, 2.24) is 0 Å². The molecule has 1 aromatic rings. The van der Waals surface area contributed by atoms with E-state index >= 15 is 0 Å². The molecule has 1 amide bonds. The van der Waals surface area contributed by atoms with E-state index in [-0.39, 0.29) is 11.4 Å². The van der Waals surface area contributed by atoms with Gasteiger partial charge in [0.15, 0.2) is 5.92 Å². The molecule has 1 aliphatic heterocycles. The Labute approximate surface area is 89.2 Å². The standard InChI is InChI=1S/C10H8F3NO2/c11-10(12,13)6-5-16-8-4-2-1-3-7(8)14-9(6)15/h1-4,6H,5H2,(H,14,15). The smallest absolute Gasteiger partial charge is 0.403 e. The minimum atomic E-state index is -4.59. The fourth-order valence-electron chi connectivity index (χ4n) is 1.41. The molecule has 1 unspecified atom stereocenters. The third-order valence-electron chi connectivity index (χ3n) is 2.26. The zero-order valence-electron chi connectivity index (χ0n) is 8.04. The van der Waals surface area contributed by atoms with Crippen molar-refractivity contribution in [3.63, 3.8) is 0 Å². The van der Waals surface area contributed by atoms with Crippen molar-refractivity contribution in [1.29, 1.82) is 0 Å². The number of benzene rings is 1. The predicted molar refractivity (Wildman–Crippen MR) is 50.1 cm³/mol. The molecule has 16 heavy (non-hydrogen) atoms. The Morgan fingerprint density at radius 1 is 1.31 bits per heavy atom. The lowest BCUT2D eigenvalue weighted by Gasteiger charge is -2.15. The average Bonchev–Trinajstić information content (AvgIpc) is 2.34. The molecular formula is C10H8F3NO2. The van der Waals surface area contributed by atoms with Gasteiger partial charge in [-0.1, -0.05) is 12.1 Å². The van der Waals surface area contributed by atoms with Gasteiger partial charge in [-0.15, -0.1) is 0 Å². The van der Waals surface area contributed by atoms with Gasteiger partial charge < -0.3 is 10.1 Å². The van der Waals surface area contributed by atoms with Gasteiger partial charge >= 0.3 is 6.18 Å². The quantitative estimate of drug-likeness (QED) is 0.743. The Kier molecular flexibility index (Phi) is 2.49. The van der Waals surface area contributed by atoms with Crippen molar-refractivity contribution in [2.45, 2.75) is 6.18 Å². The summed E-state index contributed by atoms with van der Waals surface area (Å²) in [5.41, 5.74) is 0.263. The summed E-state index contributed by atoms with van der Waals surface area (Å²) >= 11 is 0. The van der Waals surface area contributed by atoms with Gasteiger partial charge in [-0.25, -0.2) is 0 Å². The maximum Gasteiger partial charge on any atom is 0.403 e. The summed E-state index contributed by atoms with van der Waals surface area (Å²) in [6.07, 6.45) is -4.59. The molecule has 0 saturated heterocycles. The highest BCUT2D eigenvalue weighted by atomic mass is 19.4. The number of amides is 1. The first kappa shape index (κ1) is 10.8. The molecule has 86 valence electrons. The van der Waals surface area contributed by atoms with E-state index in [9.17, 15) is 18.0 Å². The number of halogens is 3. The van der Waals surface area contributed by atoms with Crippen LogP contribution in [0, 0.1) is 5.92 Å². The first-order valence-electron chi connectivity index (χ1n) is 4.58. The number of alkyl halides is 3. The molecule has 1 atom stereocenters. The van der Waals surface area contributed by atoms with Crippen LogP contribution in [0.3, 0.4) is 0 Å². The number of rotatable bonds is 0. The van der Waals surface area contributed by atoms with Crippen molar-refractivity contribution >= 4 is 11.6 Å². The van der Waals surface area contributed by atoms with E-state index in [4.69, 9.17) is 4.74 Å². The van der Waals surface area contributed by atoms with Crippen LogP contribution < -0.4 is 10.1 Å². The lowest BCUT2D eigenvalue weighted by molar-refractivity contribution is -0.184. The van der Waals surface area contributed by atoms with Crippen LogP contribution in [0.25, 0.3) is 0 Å². The fraction of sp³-hybridized carbons (Fsp3) is 0.300. The van der Waals surface area contributed by atoms with E-state index in [1.54, 1.807) is 12.1 Å². The number of anilines is 1. The maximum atomic E-state index is 12.5. The Morgan fingerprint density at radius 3 is 2.69 bits per heavy atom. The second-order valence-electron chi connectivity index (χ2n) is 3.39. The van der Waals surface area contributed by atoms with Gasteiger partial charge in [0.05, 0.1) is 5.69 Å². The molecular weight excluding hydrogens is 223 g/mol. The number of carbonyl (C=O) groups excluding carboxylic acids is 1. The summed E-state index contributed by atoms with van der Waals surface area (Å²) in [4.78, 5) is 11.3. The summed E-state index contributed by atoms with van der Waals surface area (Å²) in [5.74, 6) is -2.96. The predicted octanol–water partition coefficient (Wildman–Crippen LogP) is 2.20. The molecule has 1 aliphatic rings. The largest absolute Gasteiger partial charge is 0.490 e. The Bertz CT molecular complexity index is 417. The van der Waals surface area contributed by atoms with Gasteiger partial charge in [0.25, 0.3) is 0 Å². The van der Waals surface area contributed by atoms with Gasteiger partial charge in [0.2, 0.25) is 5.91 Å². The van der Waals surface area contributed by atoms with Crippen LogP contribution in [0.15, 0.2) is 24.3 Å². The third kappa shape index (κ3) is 1.95. The highest BCUT2D eigenvalue weighted by Crippen LogP contribution is 2.33. The summed E-state index contributed by atoms with van der Waals surface area (Å²) in [6.45, 7) is -0.688. The van der Waals surface area contributed by atoms with E-state index in [0.29, 0.717) is 0 Å². The lowest BCUT2D eigenvalue weighted by atomic mass is 10.1. The lowest BCUT2D eigenvalue weighted by Crippen LogP contribution is -2.37. The van der Waals surface area contributed by atoms with Crippen molar-refractivity contribution in [3.05, 3.63) is 24.3 Å². The molecule has 6 heteroatoms. The number of hydrogen-bond donors (Lipinski definition) is 1. The zero-order valence-corrected chi connectivity index (χ0v) is 8.04. The van der Waals surface area contributed by atoms with Crippen LogP contribution in [0.1, 0.15) is 0 Å². The Morgan fingerprint density at radius 2 is 2.00 bits per heavy atom. The Balaban J connectivity index is 2.29. The second-order valence-corrected chi connectivity index (χ2v) is 3.39. The third-order valence-corrected chi connectivity index (χ3v) is 2.26. The molecule has 0 fully saturated rings. The average molecular weight is 231 g/mol. The molecule has 0 radical (unpaired) electrons. The first-order valence-corrected chi connectivity index (χ1v) is 4.58. The monoisotopic (exact) mass is 231 g/mol. The second kappa shape index (κ2) is 3.70. The normalized spacial score (nSPS) is 20.4. The number of fused-ring (bicyclic) bond motifs is 1. The van der Waals surface area contributed by atoms with Crippen LogP contribution in [-0.4, -0.2) is 18.7 Å². The molecule has 1 N–H and O–H groups in total. The molecule has 0 aromatic heterocycles. The van der Waals surface area contributed by atoms with Gasteiger partial charge in [-0.05, 0) is 12.1 Å². The number of hydrogen-bond acceptors (Lipinski definition) is 2. The van der Waals surface area contributed by atoms with Gasteiger partial charge in [-0.2, -0.15) is 13.2 Å². The fourth-order valence-corrected chi connectivity index (χ4v) is 1.41. The van der Waals surface area contributed by atoms with Crippen molar-refractivity contribution in [2.75, 3.05) is 11.9 Å². The van der Waals surface area contributed by atoms with E-state index in [1.165, 1.54) is 12.1 Å². The van der Waals surface area contributed by atoms with E-state index in [1.807, 2.05) is 0 Å². The molecule has 1 aromatic carbocycles. The van der Waals surface area contributed by atoms with Crippen LogP contribution in [-0.2, 0) is 4.79 Å². The minimum absolute atomic E-state index is 0.252. The zero-order chi connectivity index (χ0) is 11.8. The van der Waals surface area contributed by atoms with E-state index in [2.05, 4.69) is 5.32 Å². The highest BCUT2D eigenvalue weighted by molar-refractivity contribution is 5.95. The van der Waals surface area contributed by atoms with Crippen molar-refractivity contribution < 1.29 is 22.7 Å². The molecule has 0 bridgehead atoms. The molecule has 0 saturated carbocycles. The number of para-hydroxylation sites is 2. The molecule has 3 nitrogen and oxygen atoms in total. The summed E-state index contributed by atoms with van der Waals surface area (Å²) < 4.78 is 42.3.